The number of nitrogens with zero attached hydrogens (tertiary/aromatic N) is 4. The van der Waals surface area contributed by atoms with Gasteiger partial charge in [-0.15, -0.1) is 28.8 Å². The Morgan fingerprint density at radius 1 is 1.19 bits per heavy atom. The van der Waals surface area contributed by atoms with E-state index in [1.807, 2.05) is 17.5 Å². The zero-order chi connectivity index (χ0) is 17.9. The van der Waals surface area contributed by atoms with Gasteiger partial charge in [-0.05, 0) is 42.6 Å². The van der Waals surface area contributed by atoms with Gasteiger partial charge >= 0.3 is 0 Å². The first-order valence-corrected chi connectivity index (χ1v) is 9.37. The summed E-state index contributed by atoms with van der Waals surface area (Å²) in [6.07, 6.45) is 0.897. The summed E-state index contributed by atoms with van der Waals surface area (Å²) in [6.45, 7) is 2.96. The summed E-state index contributed by atoms with van der Waals surface area (Å²) in [6, 6.07) is 9.95. The van der Waals surface area contributed by atoms with E-state index in [2.05, 4.69) is 15.4 Å². The van der Waals surface area contributed by atoms with Crippen LogP contribution in [0, 0.1) is 5.82 Å². The third kappa shape index (κ3) is 4.18. The van der Waals surface area contributed by atoms with Crippen molar-refractivity contribution in [3.8, 4) is 16.4 Å². The lowest BCUT2D eigenvalue weighted by Crippen LogP contribution is -2.34. The second kappa shape index (κ2) is 8.60. The molecule has 0 aliphatic carbocycles. The van der Waals surface area contributed by atoms with Crippen molar-refractivity contribution in [2.75, 3.05) is 26.2 Å². The van der Waals surface area contributed by atoms with E-state index < -0.39 is 0 Å². The molecule has 3 aromatic rings. The number of thiophene rings is 1. The molecule has 27 heavy (non-hydrogen) atoms. The molecule has 1 amide bonds. The number of nitrogens with one attached hydrogen (secondary N) is 1. The number of amides is 1. The molecule has 1 saturated heterocycles. The van der Waals surface area contributed by atoms with Gasteiger partial charge in [-0.25, -0.2) is 14.1 Å². The summed E-state index contributed by atoms with van der Waals surface area (Å²) in [7, 11) is 0. The van der Waals surface area contributed by atoms with Crippen LogP contribution in [0.15, 0.2) is 41.8 Å². The normalized spacial score (nSPS) is 14.5. The third-order valence-corrected chi connectivity index (χ3v) is 5.09. The Bertz CT molecular complexity index is 906. The molecule has 6 nitrogen and oxygen atoms in total. The third-order valence-electron chi connectivity index (χ3n) is 4.22. The molecule has 1 aliphatic rings. The van der Waals surface area contributed by atoms with Crippen LogP contribution >= 0.6 is 23.7 Å². The van der Waals surface area contributed by atoms with Crippen LogP contribution in [0.3, 0.4) is 0 Å². The lowest BCUT2D eigenvalue weighted by Gasteiger charge is -2.17. The summed E-state index contributed by atoms with van der Waals surface area (Å²) in [5.41, 5.74) is 0.539. The van der Waals surface area contributed by atoms with Crippen LogP contribution in [-0.2, 0) is 0 Å². The number of benzene rings is 1. The molecule has 4 rings (SSSR count). The molecule has 1 aliphatic heterocycles. The van der Waals surface area contributed by atoms with Crippen molar-refractivity contribution in [2.45, 2.75) is 6.42 Å². The van der Waals surface area contributed by atoms with Gasteiger partial charge in [-0.3, -0.25) is 4.79 Å². The van der Waals surface area contributed by atoms with E-state index >= 15 is 0 Å². The molecule has 2 aromatic heterocycles. The fraction of sp³-hybridized carbons (Fsp3) is 0.278. The summed E-state index contributed by atoms with van der Waals surface area (Å²) >= 11 is 1.50. The number of halogens is 2. The van der Waals surface area contributed by atoms with Gasteiger partial charge in [-0.1, -0.05) is 12.1 Å². The summed E-state index contributed by atoms with van der Waals surface area (Å²) < 4.78 is 15.2. The van der Waals surface area contributed by atoms with Crippen LogP contribution in [0.2, 0.25) is 0 Å². The number of rotatable bonds is 3. The van der Waals surface area contributed by atoms with Gasteiger partial charge < -0.3 is 10.2 Å². The molecular formula is C18H19ClFN5OS. The van der Waals surface area contributed by atoms with Crippen LogP contribution in [0.4, 0.5) is 4.39 Å². The average Bonchev–Trinajstić information content (AvgIpc) is 3.25. The van der Waals surface area contributed by atoms with Crippen molar-refractivity contribution in [3.63, 3.8) is 0 Å². The molecule has 1 aromatic carbocycles. The number of aromatic nitrogens is 3. The molecule has 0 spiro atoms. The van der Waals surface area contributed by atoms with E-state index in [0.29, 0.717) is 24.6 Å². The Morgan fingerprint density at radius 2 is 2.07 bits per heavy atom. The Kier molecular flexibility index (Phi) is 6.20. The zero-order valence-electron chi connectivity index (χ0n) is 14.5. The van der Waals surface area contributed by atoms with Crippen LogP contribution < -0.4 is 5.32 Å². The van der Waals surface area contributed by atoms with Crippen molar-refractivity contribution >= 4 is 29.7 Å². The van der Waals surface area contributed by atoms with E-state index in [1.165, 1.54) is 28.2 Å². The van der Waals surface area contributed by atoms with Crippen molar-refractivity contribution in [2.24, 2.45) is 0 Å². The maximum absolute atomic E-state index is 13.7. The first-order chi connectivity index (χ1) is 12.7. The Hall–Kier alpha value is -2.29. The Labute approximate surface area is 166 Å². The summed E-state index contributed by atoms with van der Waals surface area (Å²) in [5.74, 6) is 0.129. The van der Waals surface area contributed by atoms with Gasteiger partial charge in [0.1, 0.15) is 5.82 Å². The molecule has 0 saturated carbocycles. The largest absolute Gasteiger partial charge is 0.335 e. The van der Waals surface area contributed by atoms with Gasteiger partial charge in [0, 0.05) is 19.6 Å². The van der Waals surface area contributed by atoms with E-state index in [4.69, 9.17) is 0 Å². The molecule has 0 unspecified atom stereocenters. The molecule has 0 bridgehead atoms. The fourth-order valence-corrected chi connectivity index (χ4v) is 3.64. The maximum Gasteiger partial charge on any atom is 0.293 e. The molecule has 142 valence electrons. The number of hydrogen-bond acceptors (Lipinski definition) is 5. The topological polar surface area (TPSA) is 63.1 Å². The van der Waals surface area contributed by atoms with Gasteiger partial charge in [0.2, 0.25) is 5.82 Å². The Balaban J connectivity index is 0.00000210. The Morgan fingerprint density at radius 3 is 2.85 bits per heavy atom. The van der Waals surface area contributed by atoms with E-state index in [-0.39, 0.29) is 30.0 Å². The van der Waals surface area contributed by atoms with Crippen LogP contribution in [0.5, 0.6) is 0 Å². The van der Waals surface area contributed by atoms with E-state index in [9.17, 15) is 9.18 Å². The molecule has 1 fully saturated rings. The minimum atomic E-state index is -0.360. The van der Waals surface area contributed by atoms with Crippen molar-refractivity contribution in [3.05, 3.63) is 53.4 Å². The highest BCUT2D eigenvalue weighted by atomic mass is 35.5. The first-order valence-electron chi connectivity index (χ1n) is 8.49. The lowest BCUT2D eigenvalue weighted by atomic mass is 10.3. The van der Waals surface area contributed by atoms with Crippen molar-refractivity contribution < 1.29 is 9.18 Å². The monoisotopic (exact) mass is 407 g/mol. The summed E-state index contributed by atoms with van der Waals surface area (Å²) in [5, 5.41) is 9.62. The predicted molar refractivity (Wildman–Crippen MR) is 105 cm³/mol. The SMILES string of the molecule is Cl.O=C(c1nc(-c2cccs2)n(-c2cccc(F)c2)n1)N1CCCNCC1. The number of carbonyl (C=O) groups is 1. The number of carbonyl (C=O) groups excluding carboxylic acids is 1. The van der Waals surface area contributed by atoms with Crippen LogP contribution in [-0.4, -0.2) is 51.8 Å². The fourth-order valence-electron chi connectivity index (χ4n) is 2.95. The van der Waals surface area contributed by atoms with Gasteiger partial charge in [0.15, 0.2) is 5.82 Å². The zero-order valence-corrected chi connectivity index (χ0v) is 16.1. The molecule has 1 N–H and O–H groups in total. The van der Waals surface area contributed by atoms with Crippen molar-refractivity contribution in [1.82, 2.24) is 25.0 Å². The maximum atomic E-state index is 13.7. The molecule has 0 atom stereocenters. The van der Waals surface area contributed by atoms with Gasteiger partial charge in [-0.2, -0.15) is 0 Å². The van der Waals surface area contributed by atoms with Crippen LogP contribution in [0.1, 0.15) is 17.0 Å². The smallest absolute Gasteiger partial charge is 0.293 e. The molecular weight excluding hydrogens is 389 g/mol. The summed E-state index contributed by atoms with van der Waals surface area (Å²) in [4.78, 5) is 20.0. The second-order valence-electron chi connectivity index (χ2n) is 6.02. The predicted octanol–water partition coefficient (Wildman–Crippen LogP) is 2.99. The van der Waals surface area contributed by atoms with Crippen LogP contribution in [0.25, 0.3) is 16.4 Å². The molecule has 3 heterocycles. The standard InChI is InChI=1S/C18H18FN5OS.ClH/c19-13-4-1-5-14(12-13)24-17(15-6-2-11-26-15)21-16(22-24)18(25)23-9-3-7-20-8-10-23;/h1-2,4-6,11-12,20H,3,7-10H2;1H. The van der Waals surface area contributed by atoms with E-state index in [1.54, 1.807) is 17.0 Å². The highest BCUT2D eigenvalue weighted by Crippen LogP contribution is 2.26. The highest BCUT2D eigenvalue weighted by Gasteiger charge is 2.24. The minimum Gasteiger partial charge on any atom is -0.335 e. The lowest BCUT2D eigenvalue weighted by molar-refractivity contribution is 0.0754. The molecule has 0 radical (unpaired) electrons. The minimum absolute atomic E-state index is 0. The average molecular weight is 408 g/mol. The second-order valence-corrected chi connectivity index (χ2v) is 6.97. The van der Waals surface area contributed by atoms with Crippen molar-refractivity contribution in [1.29, 1.82) is 0 Å². The highest BCUT2D eigenvalue weighted by molar-refractivity contribution is 7.13. The first kappa shape index (κ1) is 19.5. The quantitative estimate of drug-likeness (QED) is 0.725. The van der Waals surface area contributed by atoms with Gasteiger partial charge in [0.05, 0.1) is 10.6 Å². The molecule has 9 heteroatoms. The number of hydrogen-bond donors (Lipinski definition) is 1. The van der Waals surface area contributed by atoms with E-state index in [0.717, 1.165) is 24.4 Å². The van der Waals surface area contributed by atoms with Gasteiger partial charge in [0.25, 0.3) is 5.91 Å².